The Bertz CT molecular complexity index is 1310. The van der Waals surface area contributed by atoms with Gasteiger partial charge in [0.1, 0.15) is 22.2 Å². The molecule has 1 spiro atoms. The molecule has 11 heteroatoms. The summed E-state index contributed by atoms with van der Waals surface area (Å²) >= 11 is 1.19. The van der Waals surface area contributed by atoms with E-state index in [0.29, 0.717) is 27.8 Å². The molecule has 3 heterocycles. The Balaban J connectivity index is 1.41. The Morgan fingerprint density at radius 3 is 2.58 bits per heavy atom. The first-order valence-electron chi connectivity index (χ1n) is 11.7. The zero-order chi connectivity index (χ0) is 25.7. The summed E-state index contributed by atoms with van der Waals surface area (Å²) in [6.45, 7) is 1.82. The highest BCUT2D eigenvalue weighted by Crippen LogP contribution is 2.65. The first-order valence-corrected chi connectivity index (χ1v) is 12.5. The first kappa shape index (κ1) is 24.6. The molecule has 0 saturated heterocycles. The summed E-state index contributed by atoms with van der Waals surface area (Å²) in [6.07, 6.45) is 3.11. The molecule has 3 N–H and O–H groups in total. The lowest BCUT2D eigenvalue weighted by molar-refractivity contribution is -0.225. The van der Waals surface area contributed by atoms with E-state index in [1.165, 1.54) is 11.3 Å². The summed E-state index contributed by atoms with van der Waals surface area (Å²) in [5.74, 6) is -1.60. The second kappa shape index (κ2) is 8.81. The number of nitrogens with zero attached hydrogens (tertiary/aromatic N) is 3. The van der Waals surface area contributed by atoms with Crippen molar-refractivity contribution in [3.8, 4) is 10.6 Å². The molecule has 3 aromatic heterocycles. The van der Waals surface area contributed by atoms with E-state index in [2.05, 4.69) is 20.3 Å². The van der Waals surface area contributed by atoms with Crippen LogP contribution in [-0.4, -0.2) is 31.1 Å². The van der Waals surface area contributed by atoms with Crippen LogP contribution in [0, 0.1) is 18.3 Å². The lowest BCUT2D eigenvalue weighted by atomic mass is 9.46. The number of aliphatic carboxylic acids is 1. The van der Waals surface area contributed by atoms with Crippen molar-refractivity contribution in [3.63, 3.8) is 0 Å². The summed E-state index contributed by atoms with van der Waals surface area (Å²) < 4.78 is 39.1. The van der Waals surface area contributed by atoms with Crippen molar-refractivity contribution in [3.05, 3.63) is 52.8 Å². The maximum Gasteiger partial charge on any atom is 0.416 e. The number of alkyl halides is 3. The van der Waals surface area contributed by atoms with Gasteiger partial charge in [-0.3, -0.25) is 4.79 Å². The van der Waals surface area contributed by atoms with Crippen molar-refractivity contribution in [1.29, 1.82) is 0 Å². The number of halogens is 3. The lowest BCUT2D eigenvalue weighted by Crippen LogP contribution is -2.62. The van der Waals surface area contributed by atoms with Crippen molar-refractivity contribution in [1.82, 2.24) is 15.0 Å². The van der Waals surface area contributed by atoms with E-state index in [-0.39, 0.29) is 11.2 Å². The molecule has 2 fully saturated rings. The van der Waals surface area contributed by atoms with Gasteiger partial charge in [-0.15, -0.1) is 11.3 Å². The molecular weight excluding hydrogens is 493 g/mol. The van der Waals surface area contributed by atoms with Crippen LogP contribution >= 0.6 is 11.3 Å². The van der Waals surface area contributed by atoms with Crippen molar-refractivity contribution >= 4 is 28.9 Å². The maximum atomic E-state index is 13.0. The van der Waals surface area contributed by atoms with Gasteiger partial charge < -0.3 is 15.5 Å². The molecular formula is C25H25F3N4O3S. The van der Waals surface area contributed by atoms with Gasteiger partial charge in [-0.05, 0) is 61.4 Å². The summed E-state index contributed by atoms with van der Waals surface area (Å²) in [7, 11) is 0. The van der Waals surface area contributed by atoms with Crippen LogP contribution in [0.2, 0.25) is 0 Å². The molecule has 2 aliphatic rings. The Morgan fingerprint density at radius 1 is 1.14 bits per heavy atom. The van der Waals surface area contributed by atoms with E-state index in [1.54, 1.807) is 18.3 Å². The quantitative estimate of drug-likeness (QED) is 0.385. The second-order valence-electron chi connectivity index (χ2n) is 9.79. The predicted molar refractivity (Wildman–Crippen MR) is 128 cm³/mol. The van der Waals surface area contributed by atoms with Crippen molar-refractivity contribution in [2.75, 3.05) is 5.32 Å². The highest BCUT2D eigenvalue weighted by Gasteiger charge is 2.67. The molecule has 7 nitrogen and oxygen atoms in total. The largest absolute Gasteiger partial charge is 0.481 e. The maximum absolute atomic E-state index is 13.0. The monoisotopic (exact) mass is 518 g/mol. The third-order valence-electron chi connectivity index (χ3n) is 7.25. The van der Waals surface area contributed by atoms with Crippen LogP contribution in [0.5, 0.6) is 0 Å². The number of thiazole rings is 1. The molecule has 0 bridgehead atoms. The molecule has 5 rings (SSSR count). The summed E-state index contributed by atoms with van der Waals surface area (Å²) in [5.41, 5.74) is -1.43. The van der Waals surface area contributed by atoms with Crippen LogP contribution < -0.4 is 5.32 Å². The SMILES string of the molecule is Cc1cc(Nc2cc(C(F)(F)F)ccn2)nc(-c2cnc(C3(O)CC4(CCCCC4)[C@H]3C(=O)O)s2)c1. The number of carboxylic acid groups (broad SMARTS) is 1. The van der Waals surface area contributed by atoms with E-state index in [4.69, 9.17) is 0 Å². The van der Waals surface area contributed by atoms with Gasteiger partial charge >= 0.3 is 12.1 Å². The number of hydrogen-bond donors (Lipinski definition) is 3. The minimum atomic E-state index is -4.49. The van der Waals surface area contributed by atoms with Crippen molar-refractivity contribution in [2.45, 2.75) is 57.2 Å². The van der Waals surface area contributed by atoms with Gasteiger partial charge in [-0.2, -0.15) is 13.2 Å². The number of nitrogens with one attached hydrogen (secondary N) is 1. The average Bonchev–Trinajstić information content (AvgIpc) is 3.29. The van der Waals surface area contributed by atoms with Gasteiger partial charge in [-0.1, -0.05) is 19.3 Å². The third-order valence-corrected chi connectivity index (χ3v) is 8.44. The number of aliphatic hydroxyl groups is 1. The number of aromatic nitrogens is 3. The summed E-state index contributed by atoms with van der Waals surface area (Å²) in [4.78, 5) is 25.7. The highest BCUT2D eigenvalue weighted by atomic mass is 32.1. The van der Waals surface area contributed by atoms with Crippen molar-refractivity contribution < 1.29 is 28.2 Å². The average molecular weight is 519 g/mol. The number of aryl methyl sites for hydroxylation is 1. The molecule has 2 aliphatic carbocycles. The van der Waals surface area contributed by atoms with E-state index < -0.39 is 29.2 Å². The molecule has 2 atom stereocenters. The van der Waals surface area contributed by atoms with E-state index in [9.17, 15) is 28.2 Å². The van der Waals surface area contributed by atoms with Crippen LogP contribution in [0.1, 0.15) is 54.7 Å². The number of carboxylic acids is 1. The zero-order valence-corrected chi connectivity index (χ0v) is 20.3. The Labute approximate surface area is 209 Å². The fourth-order valence-corrected chi connectivity index (χ4v) is 6.75. The second-order valence-corrected chi connectivity index (χ2v) is 10.8. The highest BCUT2D eigenvalue weighted by molar-refractivity contribution is 7.15. The zero-order valence-electron chi connectivity index (χ0n) is 19.5. The van der Waals surface area contributed by atoms with Crippen LogP contribution in [0.3, 0.4) is 0 Å². The topological polar surface area (TPSA) is 108 Å². The van der Waals surface area contributed by atoms with E-state index in [0.717, 1.165) is 56.0 Å². The molecule has 1 unspecified atom stereocenters. The number of rotatable bonds is 5. The smallest absolute Gasteiger partial charge is 0.416 e. The van der Waals surface area contributed by atoms with E-state index >= 15 is 0 Å². The molecule has 36 heavy (non-hydrogen) atoms. The van der Waals surface area contributed by atoms with Gasteiger partial charge in [0.2, 0.25) is 0 Å². The molecule has 0 amide bonds. The van der Waals surface area contributed by atoms with Crippen LogP contribution in [0.4, 0.5) is 24.8 Å². The van der Waals surface area contributed by atoms with Crippen LogP contribution in [0.25, 0.3) is 10.6 Å². The molecule has 0 aliphatic heterocycles. The number of carbonyl (C=O) groups is 1. The molecule has 0 aromatic carbocycles. The molecule has 3 aromatic rings. The molecule has 2 saturated carbocycles. The minimum Gasteiger partial charge on any atom is -0.481 e. The standard InChI is InChI=1S/C25H25F3N4O3S/c1-14-9-16(31-19(10-14)32-18-11-15(5-8-29-18)25(26,27)28)17-12-30-22(36-17)24(35)13-23(20(24)21(33)34)6-3-2-4-7-23/h5,8-12,20,35H,2-4,6-7,13H2,1H3,(H,33,34)(H,29,31,32)/t20-,24?/m1/s1. The molecule has 190 valence electrons. The van der Waals surface area contributed by atoms with Gasteiger partial charge in [0.25, 0.3) is 0 Å². The normalized spacial score (nSPS) is 23.3. The van der Waals surface area contributed by atoms with Gasteiger partial charge in [0.05, 0.1) is 22.1 Å². The Morgan fingerprint density at radius 2 is 1.89 bits per heavy atom. The predicted octanol–water partition coefficient (Wildman–Crippen LogP) is 5.91. The summed E-state index contributed by atoms with van der Waals surface area (Å²) in [5, 5.41) is 24.6. The number of anilines is 2. The Hall–Kier alpha value is -3.05. The first-order chi connectivity index (χ1) is 17.0. The minimum absolute atomic E-state index is 0.00438. The van der Waals surface area contributed by atoms with Gasteiger partial charge in [0.15, 0.2) is 0 Å². The van der Waals surface area contributed by atoms with Gasteiger partial charge in [-0.25, -0.2) is 15.0 Å². The van der Waals surface area contributed by atoms with Crippen LogP contribution in [-0.2, 0) is 16.6 Å². The van der Waals surface area contributed by atoms with Crippen molar-refractivity contribution in [2.24, 2.45) is 11.3 Å². The molecule has 0 radical (unpaired) electrons. The fourth-order valence-electron chi connectivity index (χ4n) is 5.76. The lowest BCUT2D eigenvalue weighted by Gasteiger charge is -2.59. The van der Waals surface area contributed by atoms with Crippen LogP contribution in [0.15, 0.2) is 36.7 Å². The van der Waals surface area contributed by atoms with Gasteiger partial charge in [0, 0.05) is 12.4 Å². The number of hydrogen-bond acceptors (Lipinski definition) is 7. The van der Waals surface area contributed by atoms with E-state index in [1.807, 2.05) is 6.92 Å². The third kappa shape index (κ3) is 4.34. The Kier molecular flexibility index (Phi) is 6.03. The summed E-state index contributed by atoms with van der Waals surface area (Å²) in [6, 6.07) is 5.28. The number of pyridine rings is 2. The fraction of sp³-hybridized carbons (Fsp3) is 0.440.